The largest absolute Gasteiger partial charge is 0.464 e. The summed E-state index contributed by atoms with van der Waals surface area (Å²) in [6.45, 7) is 10.1. The predicted octanol–water partition coefficient (Wildman–Crippen LogP) is 7.22. The highest BCUT2D eigenvalue weighted by Gasteiger charge is 2.38. The van der Waals surface area contributed by atoms with Crippen LogP contribution in [0.15, 0.2) is 0 Å². The van der Waals surface area contributed by atoms with Crippen LogP contribution in [0.2, 0.25) is 0 Å². The van der Waals surface area contributed by atoms with E-state index >= 15 is 0 Å². The maximum atomic E-state index is 12.6. The van der Waals surface area contributed by atoms with E-state index in [0.717, 1.165) is 19.6 Å². The van der Waals surface area contributed by atoms with E-state index in [2.05, 4.69) is 41.6 Å². The molecule has 0 radical (unpaired) electrons. The normalized spacial score (nSPS) is 17.7. The molecule has 0 N–H and O–H groups in total. The van der Waals surface area contributed by atoms with Crippen molar-refractivity contribution in [2.75, 3.05) is 31.6 Å². The standard InChI is InChI=1S/C18H33NO2.C7H15Br/c1-3-19(4-2)13-14-21-18(20)17(15-9-5-6-10-15)16-11-7-8-12-16;1-2-3-4-5-6-7-8/h15-17H,3-14H2,1-2H3;2-7H2,1H3. The van der Waals surface area contributed by atoms with Crippen LogP contribution in [0, 0.1) is 17.8 Å². The smallest absolute Gasteiger partial charge is 0.309 e. The van der Waals surface area contributed by atoms with Crippen molar-refractivity contribution in [1.82, 2.24) is 4.90 Å². The maximum Gasteiger partial charge on any atom is 0.309 e. The molecule has 0 aliphatic heterocycles. The Bertz CT molecular complexity index is 366. The van der Waals surface area contributed by atoms with Crippen LogP contribution in [-0.2, 0) is 9.53 Å². The molecule has 172 valence electrons. The average Bonchev–Trinajstić information content (AvgIpc) is 3.44. The minimum absolute atomic E-state index is 0.112. The van der Waals surface area contributed by atoms with Crippen molar-refractivity contribution in [3.63, 3.8) is 0 Å². The first-order valence-corrected chi connectivity index (χ1v) is 13.7. The van der Waals surface area contributed by atoms with Crippen molar-refractivity contribution >= 4 is 21.9 Å². The van der Waals surface area contributed by atoms with Gasteiger partial charge in [-0.25, -0.2) is 0 Å². The third kappa shape index (κ3) is 11.2. The van der Waals surface area contributed by atoms with Gasteiger partial charge < -0.3 is 9.64 Å². The molecule has 2 aliphatic rings. The Hall–Kier alpha value is -0.0900. The molecule has 0 aromatic carbocycles. The first kappa shape index (κ1) is 26.9. The molecule has 2 fully saturated rings. The van der Waals surface area contributed by atoms with E-state index in [-0.39, 0.29) is 11.9 Å². The molecule has 0 unspecified atom stereocenters. The number of esters is 1. The predicted molar refractivity (Wildman–Crippen MR) is 129 cm³/mol. The van der Waals surface area contributed by atoms with Gasteiger partial charge in [0.2, 0.25) is 0 Å². The van der Waals surface area contributed by atoms with Crippen LogP contribution in [-0.4, -0.2) is 42.4 Å². The van der Waals surface area contributed by atoms with Gasteiger partial charge in [-0.1, -0.05) is 88.1 Å². The number of hydrogen-bond donors (Lipinski definition) is 0. The van der Waals surface area contributed by atoms with Crippen molar-refractivity contribution in [2.24, 2.45) is 17.8 Å². The monoisotopic (exact) mass is 473 g/mol. The van der Waals surface area contributed by atoms with Gasteiger partial charge in [0, 0.05) is 11.9 Å². The molecule has 0 amide bonds. The molecule has 3 nitrogen and oxygen atoms in total. The highest BCUT2D eigenvalue weighted by atomic mass is 79.9. The fraction of sp³-hybridized carbons (Fsp3) is 0.960. The van der Waals surface area contributed by atoms with Crippen molar-refractivity contribution < 1.29 is 9.53 Å². The molecule has 0 heterocycles. The molecule has 29 heavy (non-hydrogen) atoms. The van der Waals surface area contributed by atoms with E-state index in [1.807, 2.05) is 0 Å². The van der Waals surface area contributed by atoms with Gasteiger partial charge in [0.05, 0.1) is 5.92 Å². The highest BCUT2D eigenvalue weighted by molar-refractivity contribution is 9.09. The third-order valence-corrected chi connectivity index (χ3v) is 7.43. The van der Waals surface area contributed by atoms with Crippen LogP contribution in [0.1, 0.15) is 104 Å². The Morgan fingerprint density at radius 1 is 0.897 bits per heavy atom. The van der Waals surface area contributed by atoms with Gasteiger partial charge in [0.1, 0.15) is 6.61 Å². The lowest BCUT2D eigenvalue weighted by atomic mass is 9.79. The molecule has 2 saturated carbocycles. The molecule has 2 aliphatic carbocycles. The van der Waals surface area contributed by atoms with Crippen LogP contribution in [0.4, 0.5) is 0 Å². The first-order valence-electron chi connectivity index (χ1n) is 12.6. The van der Waals surface area contributed by atoms with Gasteiger partial charge >= 0.3 is 5.97 Å². The fourth-order valence-electron chi connectivity index (χ4n) is 5.01. The Balaban J connectivity index is 0.000000447. The van der Waals surface area contributed by atoms with Crippen LogP contribution in [0.3, 0.4) is 0 Å². The second-order valence-corrected chi connectivity index (χ2v) is 9.71. The fourth-order valence-corrected chi connectivity index (χ4v) is 5.41. The molecule has 4 heteroatoms. The number of hydrogen-bond acceptors (Lipinski definition) is 3. The number of ether oxygens (including phenoxy) is 1. The van der Waals surface area contributed by atoms with Crippen LogP contribution in [0.5, 0.6) is 0 Å². The zero-order valence-electron chi connectivity index (χ0n) is 19.6. The van der Waals surface area contributed by atoms with Gasteiger partial charge in [0.25, 0.3) is 0 Å². The summed E-state index contributed by atoms with van der Waals surface area (Å²) in [5.41, 5.74) is 0. The molecule has 0 saturated heterocycles. The molecule has 2 rings (SSSR count). The summed E-state index contributed by atoms with van der Waals surface area (Å²) in [6, 6.07) is 0. The zero-order chi connectivity index (χ0) is 21.3. The van der Waals surface area contributed by atoms with Gasteiger partial charge in [-0.15, -0.1) is 0 Å². The number of carbonyl (C=O) groups is 1. The second kappa shape index (κ2) is 17.6. The van der Waals surface area contributed by atoms with Crippen LogP contribution >= 0.6 is 15.9 Å². The lowest BCUT2D eigenvalue weighted by Crippen LogP contribution is -2.33. The minimum Gasteiger partial charge on any atom is -0.464 e. The third-order valence-electron chi connectivity index (χ3n) is 6.87. The maximum absolute atomic E-state index is 12.6. The van der Waals surface area contributed by atoms with E-state index in [4.69, 9.17) is 4.74 Å². The Morgan fingerprint density at radius 3 is 1.86 bits per heavy atom. The zero-order valence-corrected chi connectivity index (χ0v) is 21.2. The highest BCUT2D eigenvalue weighted by Crippen LogP contribution is 2.42. The quantitative estimate of drug-likeness (QED) is 0.160. The van der Waals surface area contributed by atoms with Crippen molar-refractivity contribution in [3.05, 3.63) is 0 Å². The van der Waals surface area contributed by atoms with E-state index < -0.39 is 0 Å². The summed E-state index contributed by atoms with van der Waals surface area (Å²) < 4.78 is 5.68. The van der Waals surface area contributed by atoms with Crippen molar-refractivity contribution in [1.29, 1.82) is 0 Å². The molecular weight excluding hydrogens is 426 g/mol. The summed E-state index contributed by atoms with van der Waals surface area (Å²) >= 11 is 3.40. The number of carbonyl (C=O) groups excluding carboxylic acids is 1. The molecule has 0 spiro atoms. The Kier molecular flexibility index (Phi) is 16.3. The number of unbranched alkanes of at least 4 members (excludes halogenated alkanes) is 4. The first-order chi connectivity index (χ1) is 14.2. The number of alkyl halides is 1. The van der Waals surface area contributed by atoms with Crippen molar-refractivity contribution in [3.8, 4) is 0 Å². The molecule has 0 aromatic heterocycles. The van der Waals surface area contributed by atoms with Crippen LogP contribution in [0.25, 0.3) is 0 Å². The topological polar surface area (TPSA) is 29.5 Å². The number of likely N-dealkylation sites (N-methyl/N-ethyl adjacent to an activating group) is 1. The molecule has 0 bridgehead atoms. The summed E-state index contributed by atoms with van der Waals surface area (Å²) in [5, 5.41) is 1.18. The van der Waals surface area contributed by atoms with Crippen LogP contribution < -0.4 is 0 Å². The number of nitrogens with zero attached hydrogens (tertiary/aromatic N) is 1. The van der Waals surface area contributed by atoms with E-state index in [1.54, 1.807) is 0 Å². The lowest BCUT2D eigenvalue weighted by molar-refractivity contribution is -0.153. The van der Waals surface area contributed by atoms with Gasteiger partial charge in [-0.3, -0.25) is 4.79 Å². The van der Waals surface area contributed by atoms with Gasteiger partial charge in [-0.05, 0) is 57.0 Å². The molecule has 0 atom stereocenters. The lowest BCUT2D eigenvalue weighted by Gasteiger charge is -2.27. The molecule has 0 aromatic rings. The minimum atomic E-state index is 0.112. The Morgan fingerprint density at radius 2 is 1.41 bits per heavy atom. The summed E-state index contributed by atoms with van der Waals surface area (Å²) in [7, 11) is 0. The summed E-state index contributed by atoms with van der Waals surface area (Å²) in [5.74, 6) is 1.52. The summed E-state index contributed by atoms with van der Waals surface area (Å²) in [6.07, 6.45) is 17.1. The van der Waals surface area contributed by atoms with Crippen molar-refractivity contribution in [2.45, 2.75) is 104 Å². The summed E-state index contributed by atoms with van der Waals surface area (Å²) in [4.78, 5) is 14.9. The van der Waals surface area contributed by atoms with E-state index in [1.165, 1.54) is 88.8 Å². The average molecular weight is 475 g/mol. The number of halogens is 1. The Labute approximate surface area is 189 Å². The SMILES string of the molecule is CCCCCCCBr.CCN(CC)CCOC(=O)C(C1CCCC1)C1CCCC1. The van der Waals surface area contributed by atoms with Gasteiger partial charge in [0.15, 0.2) is 0 Å². The molecular formula is C25H48BrNO2. The second-order valence-electron chi connectivity index (χ2n) is 8.91. The number of rotatable bonds is 13. The van der Waals surface area contributed by atoms with Gasteiger partial charge in [-0.2, -0.15) is 0 Å². The van der Waals surface area contributed by atoms with E-state index in [9.17, 15) is 4.79 Å². The van der Waals surface area contributed by atoms with E-state index in [0.29, 0.717) is 18.4 Å².